The molecule has 2 aromatic rings. The summed E-state index contributed by atoms with van der Waals surface area (Å²) in [6, 6.07) is 0. The number of ketones is 1. The normalized spacial score (nSPS) is 11.9. The van der Waals surface area contributed by atoms with Crippen molar-refractivity contribution in [2.75, 3.05) is 12.3 Å². The van der Waals surface area contributed by atoms with E-state index in [-0.39, 0.29) is 29.4 Å². The lowest BCUT2D eigenvalue weighted by Gasteiger charge is -2.12. The lowest BCUT2D eigenvalue weighted by atomic mass is 10.1. The van der Waals surface area contributed by atoms with Crippen molar-refractivity contribution in [3.05, 3.63) is 33.8 Å². The summed E-state index contributed by atoms with van der Waals surface area (Å²) in [4.78, 5) is 39.8. The maximum absolute atomic E-state index is 12.7. The first-order valence-electron chi connectivity index (χ1n) is 8.02. The smallest absolute Gasteiger partial charge is 0.346 e. The Labute approximate surface area is 149 Å². The summed E-state index contributed by atoms with van der Waals surface area (Å²) in [7, 11) is 0. The van der Waals surface area contributed by atoms with Crippen LogP contribution in [0.5, 0.6) is 0 Å². The first-order valence-corrected chi connectivity index (χ1v) is 8.02. The Morgan fingerprint density at radius 3 is 2.38 bits per heavy atom. The minimum absolute atomic E-state index is 0.0174. The number of Topliss-reactive ketones (excluding diaryl/α,β-unsaturated/α-hetero) is 1. The average Bonchev–Trinajstić information content (AvgIpc) is 3.05. The van der Waals surface area contributed by atoms with E-state index in [0.717, 1.165) is 0 Å². The Morgan fingerprint density at radius 1 is 1.19 bits per heavy atom. The van der Waals surface area contributed by atoms with Crippen LogP contribution < -0.4 is 5.73 Å². The highest BCUT2D eigenvalue weighted by atomic mass is 16.5. The molecule has 0 spiro atoms. The van der Waals surface area contributed by atoms with Gasteiger partial charge >= 0.3 is 11.9 Å². The van der Waals surface area contributed by atoms with E-state index in [2.05, 4.69) is 10.1 Å². The van der Waals surface area contributed by atoms with E-state index in [9.17, 15) is 14.4 Å². The molecule has 26 heavy (non-hydrogen) atoms. The van der Waals surface area contributed by atoms with E-state index >= 15 is 0 Å². The van der Waals surface area contributed by atoms with Crippen molar-refractivity contribution in [3.8, 4) is 0 Å². The van der Waals surface area contributed by atoms with Gasteiger partial charge < -0.3 is 24.7 Å². The van der Waals surface area contributed by atoms with Crippen LogP contribution in [0.1, 0.15) is 62.0 Å². The average molecular weight is 363 g/mol. The molecule has 0 aliphatic carbocycles. The van der Waals surface area contributed by atoms with Gasteiger partial charge in [-0.25, -0.2) is 9.59 Å². The number of ether oxygens (including phenoxy) is 2. The highest BCUT2D eigenvalue weighted by Crippen LogP contribution is 2.22. The number of hydrogen-bond acceptors (Lipinski definition) is 8. The second-order valence-corrected chi connectivity index (χ2v) is 5.76. The van der Waals surface area contributed by atoms with Crippen LogP contribution in [0, 0.1) is 20.8 Å². The highest BCUT2D eigenvalue weighted by Gasteiger charge is 2.29. The van der Waals surface area contributed by atoms with E-state index in [4.69, 9.17) is 19.7 Å². The zero-order valence-corrected chi connectivity index (χ0v) is 15.3. The standard InChI is InChI=1S/C17H21N3O6/c1-6-24-16(22)11-7(2)13(19-8(11)3)14(21)10(5)25-17(23)12-9(4)20-26-15(12)18/h10,19H,6,18H2,1-5H3/t10-/m0/s1. The lowest BCUT2D eigenvalue weighted by molar-refractivity contribution is 0.0316. The fourth-order valence-electron chi connectivity index (χ4n) is 2.62. The van der Waals surface area contributed by atoms with Crippen LogP contribution in [-0.4, -0.2) is 40.6 Å². The monoisotopic (exact) mass is 363 g/mol. The molecule has 0 radical (unpaired) electrons. The molecule has 2 aromatic heterocycles. The van der Waals surface area contributed by atoms with Crippen molar-refractivity contribution in [2.24, 2.45) is 0 Å². The van der Waals surface area contributed by atoms with Gasteiger partial charge in [-0.2, -0.15) is 0 Å². The van der Waals surface area contributed by atoms with Crippen molar-refractivity contribution < 1.29 is 28.4 Å². The van der Waals surface area contributed by atoms with Crippen LogP contribution in [0.3, 0.4) is 0 Å². The molecule has 0 amide bonds. The molecular formula is C17H21N3O6. The minimum atomic E-state index is -1.11. The Kier molecular flexibility index (Phi) is 5.49. The summed E-state index contributed by atoms with van der Waals surface area (Å²) in [6.07, 6.45) is -1.11. The van der Waals surface area contributed by atoms with Gasteiger partial charge in [0.1, 0.15) is 5.56 Å². The molecule has 0 aliphatic rings. The second kappa shape index (κ2) is 7.42. The molecular weight excluding hydrogens is 342 g/mol. The second-order valence-electron chi connectivity index (χ2n) is 5.76. The minimum Gasteiger partial charge on any atom is -0.462 e. The zero-order chi connectivity index (χ0) is 19.6. The predicted molar refractivity (Wildman–Crippen MR) is 91.1 cm³/mol. The summed E-state index contributed by atoms with van der Waals surface area (Å²) in [6.45, 7) is 8.17. The maximum Gasteiger partial charge on any atom is 0.346 e. The van der Waals surface area contributed by atoms with Crippen molar-refractivity contribution in [3.63, 3.8) is 0 Å². The third-order valence-corrected chi connectivity index (χ3v) is 3.91. The molecule has 0 unspecified atom stereocenters. The Morgan fingerprint density at radius 2 is 1.85 bits per heavy atom. The molecule has 0 saturated carbocycles. The van der Waals surface area contributed by atoms with E-state index in [1.54, 1.807) is 20.8 Å². The van der Waals surface area contributed by atoms with Crippen molar-refractivity contribution in [1.82, 2.24) is 10.1 Å². The Bertz CT molecular complexity index is 845. The first kappa shape index (κ1) is 19.2. The van der Waals surface area contributed by atoms with Crippen molar-refractivity contribution in [1.29, 1.82) is 0 Å². The summed E-state index contributed by atoms with van der Waals surface area (Å²) in [5, 5.41) is 3.57. The topological polar surface area (TPSA) is 138 Å². The number of carbonyl (C=O) groups excluding carboxylic acids is 3. The molecule has 0 bridgehead atoms. The Hall–Kier alpha value is -3.10. The molecule has 0 aliphatic heterocycles. The fourth-order valence-corrected chi connectivity index (χ4v) is 2.62. The molecule has 2 heterocycles. The quantitative estimate of drug-likeness (QED) is 0.588. The molecule has 1 atom stereocenters. The lowest BCUT2D eigenvalue weighted by Crippen LogP contribution is -2.26. The molecule has 2 rings (SSSR count). The highest BCUT2D eigenvalue weighted by molar-refractivity contribution is 6.05. The van der Waals surface area contributed by atoms with Crippen LogP contribution in [-0.2, 0) is 9.47 Å². The van der Waals surface area contributed by atoms with Gasteiger partial charge in [0.05, 0.1) is 23.6 Å². The number of esters is 2. The van der Waals surface area contributed by atoms with Gasteiger partial charge in [-0.1, -0.05) is 5.16 Å². The van der Waals surface area contributed by atoms with Gasteiger partial charge in [-0.3, -0.25) is 4.79 Å². The van der Waals surface area contributed by atoms with Crippen LogP contribution in [0.25, 0.3) is 0 Å². The third-order valence-electron chi connectivity index (χ3n) is 3.91. The van der Waals surface area contributed by atoms with Gasteiger partial charge in [-0.15, -0.1) is 0 Å². The van der Waals surface area contributed by atoms with Gasteiger partial charge in [0, 0.05) is 5.69 Å². The SMILES string of the molecule is CCOC(=O)c1c(C)[nH]c(C(=O)[C@H](C)OC(=O)c2c(C)noc2N)c1C. The molecule has 0 fully saturated rings. The van der Waals surface area contributed by atoms with Crippen LogP contribution in [0.4, 0.5) is 5.88 Å². The number of hydrogen-bond donors (Lipinski definition) is 2. The number of aryl methyl sites for hydroxylation is 2. The van der Waals surface area contributed by atoms with Crippen molar-refractivity contribution >= 4 is 23.6 Å². The fraction of sp³-hybridized carbons (Fsp3) is 0.412. The molecule has 0 aromatic carbocycles. The van der Waals surface area contributed by atoms with E-state index in [1.807, 2.05) is 0 Å². The van der Waals surface area contributed by atoms with E-state index in [0.29, 0.717) is 16.8 Å². The summed E-state index contributed by atoms with van der Waals surface area (Å²) < 4.78 is 14.9. The number of carbonyl (C=O) groups is 3. The number of aromatic nitrogens is 2. The molecule has 9 heteroatoms. The number of nitrogens with zero attached hydrogens (tertiary/aromatic N) is 1. The van der Waals surface area contributed by atoms with E-state index in [1.165, 1.54) is 13.8 Å². The van der Waals surface area contributed by atoms with Gasteiger partial charge in [0.2, 0.25) is 11.7 Å². The molecule has 9 nitrogen and oxygen atoms in total. The Balaban J connectivity index is 2.22. The van der Waals surface area contributed by atoms with Gasteiger partial charge in [0.15, 0.2) is 6.10 Å². The maximum atomic E-state index is 12.7. The third kappa shape index (κ3) is 3.46. The van der Waals surface area contributed by atoms with Crippen molar-refractivity contribution in [2.45, 2.75) is 40.7 Å². The summed E-state index contributed by atoms with van der Waals surface area (Å²) in [5.74, 6) is -1.99. The first-order chi connectivity index (χ1) is 12.2. The van der Waals surface area contributed by atoms with Crippen LogP contribution in [0.2, 0.25) is 0 Å². The summed E-state index contributed by atoms with van der Waals surface area (Å²) in [5.41, 5.74) is 7.21. The molecule has 140 valence electrons. The number of nitrogens with one attached hydrogen (secondary N) is 1. The molecule has 3 N–H and O–H groups in total. The predicted octanol–water partition coefficient (Wildman–Crippen LogP) is 2.12. The number of nitrogen functional groups attached to an aromatic ring is 1. The zero-order valence-electron chi connectivity index (χ0n) is 15.3. The number of nitrogens with two attached hydrogens (primary N) is 1. The number of aromatic amines is 1. The summed E-state index contributed by atoms with van der Waals surface area (Å²) >= 11 is 0. The van der Waals surface area contributed by atoms with Gasteiger partial charge in [0.25, 0.3) is 0 Å². The number of H-pyrrole nitrogens is 1. The largest absolute Gasteiger partial charge is 0.462 e. The van der Waals surface area contributed by atoms with Crippen LogP contribution >= 0.6 is 0 Å². The van der Waals surface area contributed by atoms with E-state index < -0.39 is 23.8 Å². The van der Waals surface area contributed by atoms with Gasteiger partial charge in [-0.05, 0) is 40.2 Å². The van der Waals surface area contributed by atoms with Crippen LogP contribution in [0.15, 0.2) is 4.52 Å². The number of rotatable bonds is 6. The molecule has 0 saturated heterocycles. The number of anilines is 1.